The number of sulfone groups is 1. The first-order valence-electron chi connectivity index (χ1n) is 6.62. The number of carbonyl (C=O) groups excluding carboxylic acids is 1. The Morgan fingerprint density at radius 3 is 2.50 bits per heavy atom. The maximum atomic E-state index is 13.1. The lowest BCUT2D eigenvalue weighted by atomic mass is 10.1. The van der Waals surface area contributed by atoms with Gasteiger partial charge in [-0.25, -0.2) is 17.8 Å². The molecule has 1 aromatic carbocycles. The molecule has 0 saturated heterocycles. The minimum atomic E-state index is -3.48. The summed E-state index contributed by atoms with van der Waals surface area (Å²) in [6.45, 7) is 0.195. The van der Waals surface area contributed by atoms with Gasteiger partial charge in [0.15, 0.2) is 0 Å². The molecule has 3 rings (SSSR count). The highest BCUT2D eigenvalue weighted by Gasteiger charge is 2.35. The van der Waals surface area contributed by atoms with Gasteiger partial charge in [0.2, 0.25) is 15.0 Å². The smallest absolute Gasteiger partial charge is 0.272 e. The van der Waals surface area contributed by atoms with Gasteiger partial charge < -0.3 is 9.47 Å². The summed E-state index contributed by atoms with van der Waals surface area (Å²) in [5.41, 5.74) is 0.980. The summed E-state index contributed by atoms with van der Waals surface area (Å²) in [7, 11) is -0.309. The lowest BCUT2D eigenvalue weighted by Gasteiger charge is -2.12. The molecule has 2 aromatic rings. The van der Waals surface area contributed by atoms with Gasteiger partial charge in [0.1, 0.15) is 17.2 Å². The van der Waals surface area contributed by atoms with E-state index in [1.165, 1.54) is 33.7 Å². The lowest BCUT2D eigenvalue weighted by Crippen LogP contribution is -2.25. The zero-order valence-electron chi connectivity index (χ0n) is 12.1. The number of nitrogens with zero attached hydrogens (tertiary/aromatic N) is 3. The zero-order valence-corrected chi connectivity index (χ0v) is 12.9. The van der Waals surface area contributed by atoms with Gasteiger partial charge >= 0.3 is 0 Å². The van der Waals surface area contributed by atoms with E-state index in [1.54, 1.807) is 14.1 Å². The maximum Gasteiger partial charge on any atom is 0.272 e. The van der Waals surface area contributed by atoms with Crippen molar-refractivity contribution in [1.82, 2.24) is 14.5 Å². The Labute approximate surface area is 127 Å². The van der Waals surface area contributed by atoms with E-state index in [9.17, 15) is 17.6 Å². The first kappa shape index (κ1) is 14.7. The van der Waals surface area contributed by atoms with Crippen molar-refractivity contribution in [3.8, 4) is 11.3 Å². The summed E-state index contributed by atoms with van der Waals surface area (Å²) in [4.78, 5) is 17.9. The van der Waals surface area contributed by atoms with Crippen molar-refractivity contribution < 1.29 is 17.6 Å². The van der Waals surface area contributed by atoms with Crippen molar-refractivity contribution in [2.24, 2.45) is 0 Å². The molecule has 0 atom stereocenters. The molecule has 22 heavy (non-hydrogen) atoms. The topological polar surface area (TPSA) is 72.3 Å². The van der Waals surface area contributed by atoms with Crippen LogP contribution in [0.5, 0.6) is 0 Å². The van der Waals surface area contributed by atoms with Gasteiger partial charge in [0.05, 0.1) is 5.75 Å². The number of imidazole rings is 1. The molecule has 1 aromatic heterocycles. The average Bonchev–Trinajstić information content (AvgIpc) is 2.97. The number of hydrogen-bond donors (Lipinski definition) is 0. The SMILES string of the molecule is CN(C)C(=O)c1c(-c2ccc(F)cc2)nc2n1CCS2(=O)=O. The number of fused-ring (bicyclic) bond motifs is 1. The molecule has 6 nitrogen and oxygen atoms in total. The summed E-state index contributed by atoms with van der Waals surface area (Å²) in [5, 5.41) is -0.1000. The number of hydrogen-bond acceptors (Lipinski definition) is 4. The van der Waals surface area contributed by atoms with Crippen molar-refractivity contribution in [2.75, 3.05) is 19.8 Å². The quantitative estimate of drug-likeness (QED) is 0.832. The van der Waals surface area contributed by atoms with Crippen molar-refractivity contribution in [3.05, 3.63) is 35.8 Å². The van der Waals surface area contributed by atoms with Crippen LogP contribution in [-0.2, 0) is 16.4 Å². The van der Waals surface area contributed by atoms with E-state index in [2.05, 4.69) is 4.98 Å². The fraction of sp³-hybridized carbons (Fsp3) is 0.286. The van der Waals surface area contributed by atoms with Crippen LogP contribution in [0.4, 0.5) is 4.39 Å². The van der Waals surface area contributed by atoms with Crippen LogP contribution in [0.2, 0.25) is 0 Å². The standard InChI is InChI=1S/C14H14FN3O3S/c1-17(2)13(19)12-11(9-3-5-10(15)6-4-9)16-14-18(12)7-8-22(14,20)21/h3-6H,7-8H2,1-2H3. The van der Waals surface area contributed by atoms with Gasteiger partial charge in [0.25, 0.3) is 5.91 Å². The molecule has 0 N–H and O–H groups in total. The number of rotatable bonds is 2. The number of carbonyl (C=O) groups is 1. The Morgan fingerprint density at radius 1 is 1.27 bits per heavy atom. The van der Waals surface area contributed by atoms with Gasteiger partial charge in [-0.1, -0.05) is 0 Å². The van der Waals surface area contributed by atoms with E-state index in [0.717, 1.165) is 0 Å². The van der Waals surface area contributed by atoms with Crippen LogP contribution >= 0.6 is 0 Å². The second-order valence-electron chi connectivity index (χ2n) is 5.27. The number of halogens is 1. The lowest BCUT2D eigenvalue weighted by molar-refractivity contribution is 0.0817. The van der Waals surface area contributed by atoms with Crippen LogP contribution in [-0.4, -0.2) is 48.6 Å². The Morgan fingerprint density at radius 2 is 1.91 bits per heavy atom. The highest BCUT2D eigenvalue weighted by molar-refractivity contribution is 7.91. The molecule has 1 aliphatic heterocycles. The van der Waals surface area contributed by atoms with Crippen LogP contribution in [0.1, 0.15) is 10.5 Å². The molecular weight excluding hydrogens is 309 g/mol. The van der Waals surface area contributed by atoms with Crippen molar-refractivity contribution in [1.29, 1.82) is 0 Å². The Hall–Kier alpha value is -2.22. The van der Waals surface area contributed by atoms with Crippen molar-refractivity contribution in [2.45, 2.75) is 11.7 Å². The first-order chi connectivity index (χ1) is 10.3. The number of aromatic nitrogens is 2. The monoisotopic (exact) mass is 323 g/mol. The molecular formula is C14H14FN3O3S. The average molecular weight is 323 g/mol. The van der Waals surface area contributed by atoms with E-state index < -0.39 is 15.7 Å². The van der Waals surface area contributed by atoms with E-state index >= 15 is 0 Å². The first-order valence-corrected chi connectivity index (χ1v) is 8.27. The molecule has 0 aliphatic carbocycles. The Kier molecular flexibility index (Phi) is 3.28. The van der Waals surface area contributed by atoms with Crippen molar-refractivity contribution >= 4 is 15.7 Å². The molecule has 8 heteroatoms. The largest absolute Gasteiger partial charge is 0.343 e. The molecule has 1 aliphatic rings. The maximum absolute atomic E-state index is 13.1. The molecule has 1 amide bonds. The molecule has 0 fully saturated rings. The second kappa shape index (κ2) is 4.91. The van der Waals surface area contributed by atoms with Gasteiger partial charge in [-0.05, 0) is 24.3 Å². The number of benzene rings is 1. The normalized spacial score (nSPS) is 15.6. The van der Waals surface area contributed by atoms with E-state index in [4.69, 9.17) is 0 Å². The summed E-state index contributed by atoms with van der Waals surface area (Å²) >= 11 is 0. The molecule has 116 valence electrons. The Balaban J connectivity index is 2.26. The summed E-state index contributed by atoms with van der Waals surface area (Å²) in [5.74, 6) is -0.814. The van der Waals surface area contributed by atoms with Crippen molar-refractivity contribution in [3.63, 3.8) is 0 Å². The highest BCUT2D eigenvalue weighted by atomic mass is 32.2. The molecule has 0 saturated carbocycles. The molecule has 0 unspecified atom stereocenters. The van der Waals surface area contributed by atoms with Crippen LogP contribution in [0.3, 0.4) is 0 Å². The van der Waals surface area contributed by atoms with Crippen LogP contribution in [0.25, 0.3) is 11.3 Å². The fourth-order valence-electron chi connectivity index (χ4n) is 2.42. The third-order valence-electron chi connectivity index (χ3n) is 3.52. The van der Waals surface area contributed by atoms with Gasteiger partial charge in [0, 0.05) is 26.2 Å². The predicted octanol–water partition coefficient (Wildman–Crippen LogP) is 1.18. The van der Waals surface area contributed by atoms with Crippen LogP contribution in [0.15, 0.2) is 29.4 Å². The third-order valence-corrected chi connectivity index (χ3v) is 5.11. The Bertz CT molecular complexity index is 854. The van der Waals surface area contributed by atoms with E-state index in [-0.39, 0.29) is 34.7 Å². The predicted molar refractivity (Wildman–Crippen MR) is 77.7 cm³/mol. The summed E-state index contributed by atoms with van der Waals surface area (Å²) < 4.78 is 38.6. The van der Waals surface area contributed by atoms with Gasteiger partial charge in [-0.15, -0.1) is 0 Å². The van der Waals surface area contributed by atoms with Crippen LogP contribution in [0, 0.1) is 5.82 Å². The fourth-order valence-corrected chi connectivity index (χ4v) is 3.77. The molecule has 0 radical (unpaired) electrons. The summed E-state index contributed by atoms with van der Waals surface area (Å²) in [6.07, 6.45) is 0. The van der Waals surface area contributed by atoms with E-state index in [1.807, 2.05) is 0 Å². The number of amides is 1. The van der Waals surface area contributed by atoms with Crippen LogP contribution < -0.4 is 0 Å². The van der Waals surface area contributed by atoms with Gasteiger partial charge in [-0.2, -0.15) is 0 Å². The molecule has 0 spiro atoms. The molecule has 2 heterocycles. The minimum Gasteiger partial charge on any atom is -0.343 e. The highest BCUT2D eigenvalue weighted by Crippen LogP contribution is 2.30. The zero-order chi connectivity index (χ0) is 16.1. The third kappa shape index (κ3) is 2.19. The minimum absolute atomic E-state index is 0.0628. The van der Waals surface area contributed by atoms with E-state index in [0.29, 0.717) is 5.56 Å². The second-order valence-corrected chi connectivity index (χ2v) is 7.27. The summed E-state index contributed by atoms with van der Waals surface area (Å²) in [6, 6.07) is 5.45. The van der Waals surface area contributed by atoms with Gasteiger partial charge in [-0.3, -0.25) is 4.79 Å². The molecule has 0 bridgehead atoms.